The minimum absolute atomic E-state index is 0.229. The van der Waals surface area contributed by atoms with Crippen LogP contribution in [0.3, 0.4) is 0 Å². The lowest BCUT2D eigenvalue weighted by Gasteiger charge is -1.97. The van der Waals surface area contributed by atoms with Crippen molar-refractivity contribution >= 4 is 29.1 Å². The van der Waals surface area contributed by atoms with Gasteiger partial charge in [-0.2, -0.15) is 4.98 Å². The predicted molar refractivity (Wildman–Crippen MR) is 58.3 cm³/mol. The molecule has 0 saturated carbocycles. The number of aromatic nitrogens is 2. The lowest BCUT2D eigenvalue weighted by molar-refractivity contribution is 0.0958. The van der Waals surface area contributed by atoms with E-state index in [4.69, 9.17) is 28.9 Å². The van der Waals surface area contributed by atoms with Crippen molar-refractivity contribution in [2.24, 2.45) is 5.73 Å². The standard InChI is InChI=1S/C9H5Cl2N3O2/c10-5-2-1-4(3-6(5)11)8-13-9(7(12)15)16-14-8/h1-3H,(H2,12,15). The van der Waals surface area contributed by atoms with Crippen molar-refractivity contribution in [3.63, 3.8) is 0 Å². The summed E-state index contributed by atoms with van der Waals surface area (Å²) in [4.78, 5) is 14.5. The molecule has 0 aliphatic heterocycles. The molecule has 0 bridgehead atoms. The van der Waals surface area contributed by atoms with Gasteiger partial charge < -0.3 is 10.3 Å². The molecule has 5 nitrogen and oxygen atoms in total. The molecule has 0 spiro atoms. The summed E-state index contributed by atoms with van der Waals surface area (Å²) in [5.74, 6) is -0.799. The largest absolute Gasteiger partial charge is 0.361 e. The summed E-state index contributed by atoms with van der Waals surface area (Å²) in [6.07, 6.45) is 0. The molecule has 1 heterocycles. The molecule has 0 saturated heterocycles. The average Bonchev–Trinajstić information content (AvgIpc) is 2.71. The molecule has 0 aliphatic carbocycles. The van der Waals surface area contributed by atoms with Crippen molar-refractivity contribution < 1.29 is 9.32 Å². The number of hydrogen-bond acceptors (Lipinski definition) is 4. The van der Waals surface area contributed by atoms with Gasteiger partial charge in [0.25, 0.3) is 0 Å². The van der Waals surface area contributed by atoms with E-state index in [0.717, 1.165) is 0 Å². The number of primary amides is 1. The number of hydrogen-bond donors (Lipinski definition) is 1. The molecular formula is C9H5Cl2N3O2. The second-order valence-electron chi connectivity index (χ2n) is 2.92. The number of carbonyl (C=O) groups is 1. The molecule has 1 amide bonds. The molecule has 7 heteroatoms. The highest BCUT2D eigenvalue weighted by molar-refractivity contribution is 6.42. The zero-order valence-electron chi connectivity index (χ0n) is 7.78. The number of carbonyl (C=O) groups excluding carboxylic acids is 1. The first-order valence-corrected chi connectivity index (χ1v) is 4.92. The normalized spacial score (nSPS) is 10.4. The summed E-state index contributed by atoms with van der Waals surface area (Å²) >= 11 is 11.6. The van der Waals surface area contributed by atoms with E-state index in [2.05, 4.69) is 14.7 Å². The first-order chi connectivity index (χ1) is 7.58. The molecule has 1 aromatic carbocycles. The fraction of sp³-hybridized carbons (Fsp3) is 0. The maximum atomic E-state index is 10.7. The highest BCUT2D eigenvalue weighted by Crippen LogP contribution is 2.26. The lowest BCUT2D eigenvalue weighted by Crippen LogP contribution is -2.10. The van der Waals surface area contributed by atoms with Gasteiger partial charge >= 0.3 is 11.8 Å². The zero-order chi connectivity index (χ0) is 11.7. The maximum absolute atomic E-state index is 10.7. The number of rotatable bonds is 2. The van der Waals surface area contributed by atoms with Crippen LogP contribution < -0.4 is 5.73 Å². The van der Waals surface area contributed by atoms with Crippen LogP contribution in [0.5, 0.6) is 0 Å². The van der Waals surface area contributed by atoms with E-state index in [1.807, 2.05) is 0 Å². The van der Waals surface area contributed by atoms with Crippen LogP contribution in [0.4, 0.5) is 0 Å². The summed E-state index contributed by atoms with van der Waals surface area (Å²) in [6, 6.07) is 4.82. The SMILES string of the molecule is NC(=O)c1nc(-c2ccc(Cl)c(Cl)c2)no1. The number of halogens is 2. The van der Waals surface area contributed by atoms with Gasteiger partial charge in [-0.3, -0.25) is 4.79 Å². The summed E-state index contributed by atoms with van der Waals surface area (Å²) < 4.78 is 4.64. The fourth-order valence-corrected chi connectivity index (χ4v) is 1.37. The van der Waals surface area contributed by atoms with Gasteiger partial charge in [-0.25, -0.2) is 0 Å². The van der Waals surface area contributed by atoms with Gasteiger partial charge in [0.15, 0.2) is 0 Å². The average molecular weight is 258 g/mol. The third-order valence-corrected chi connectivity index (χ3v) is 2.55. The molecule has 0 unspecified atom stereocenters. The van der Waals surface area contributed by atoms with Gasteiger partial charge in [-0.1, -0.05) is 28.4 Å². The molecule has 2 aromatic rings. The zero-order valence-corrected chi connectivity index (χ0v) is 9.29. The lowest BCUT2D eigenvalue weighted by atomic mass is 10.2. The van der Waals surface area contributed by atoms with Crippen LogP contribution in [0.2, 0.25) is 10.0 Å². The highest BCUT2D eigenvalue weighted by atomic mass is 35.5. The quantitative estimate of drug-likeness (QED) is 0.894. The van der Waals surface area contributed by atoms with Crippen LogP contribution in [0.25, 0.3) is 11.4 Å². The number of benzene rings is 1. The van der Waals surface area contributed by atoms with Gasteiger partial charge in [0.1, 0.15) is 0 Å². The van der Waals surface area contributed by atoms with E-state index < -0.39 is 5.91 Å². The van der Waals surface area contributed by atoms with E-state index in [1.54, 1.807) is 18.2 Å². The topological polar surface area (TPSA) is 82.0 Å². The molecule has 1 aromatic heterocycles. The summed E-state index contributed by atoms with van der Waals surface area (Å²) in [5.41, 5.74) is 5.57. The Labute approximate surface area is 100 Å². The monoisotopic (exact) mass is 257 g/mol. The van der Waals surface area contributed by atoms with Crippen molar-refractivity contribution in [2.75, 3.05) is 0 Å². The second-order valence-corrected chi connectivity index (χ2v) is 3.73. The van der Waals surface area contributed by atoms with Crippen LogP contribution in [0.1, 0.15) is 10.7 Å². The fourth-order valence-electron chi connectivity index (χ4n) is 1.08. The van der Waals surface area contributed by atoms with Gasteiger partial charge in [0.05, 0.1) is 10.0 Å². The van der Waals surface area contributed by atoms with Gasteiger partial charge in [0.2, 0.25) is 5.82 Å². The Kier molecular flexibility index (Phi) is 2.80. The summed E-state index contributed by atoms with van der Waals surface area (Å²) in [7, 11) is 0. The van der Waals surface area contributed by atoms with Gasteiger partial charge in [-0.15, -0.1) is 0 Å². The molecule has 16 heavy (non-hydrogen) atoms. The predicted octanol–water partition coefficient (Wildman–Crippen LogP) is 2.14. The van der Waals surface area contributed by atoms with Crippen molar-refractivity contribution in [1.29, 1.82) is 0 Å². The Morgan fingerprint density at radius 3 is 2.62 bits per heavy atom. The minimum Gasteiger partial charge on any atom is -0.361 e. The molecule has 0 radical (unpaired) electrons. The molecule has 0 aliphatic rings. The van der Waals surface area contributed by atoms with Crippen LogP contribution in [-0.2, 0) is 0 Å². The van der Waals surface area contributed by atoms with Crippen molar-refractivity contribution in [1.82, 2.24) is 10.1 Å². The molecule has 2 N–H and O–H groups in total. The second kappa shape index (κ2) is 4.11. The molecule has 2 rings (SSSR count). The van der Waals surface area contributed by atoms with Crippen molar-refractivity contribution in [2.45, 2.75) is 0 Å². The Hall–Kier alpha value is -1.59. The van der Waals surface area contributed by atoms with Crippen LogP contribution in [-0.4, -0.2) is 16.0 Å². The maximum Gasteiger partial charge on any atom is 0.316 e. The highest BCUT2D eigenvalue weighted by Gasteiger charge is 2.13. The van der Waals surface area contributed by atoms with E-state index in [9.17, 15) is 4.79 Å². The first kappa shape index (κ1) is 10.9. The third kappa shape index (κ3) is 2.00. The molecule has 0 fully saturated rings. The Bertz CT molecular complexity index is 553. The van der Waals surface area contributed by atoms with Crippen molar-refractivity contribution in [3.05, 3.63) is 34.1 Å². The third-order valence-electron chi connectivity index (χ3n) is 1.81. The Balaban J connectivity index is 2.42. The van der Waals surface area contributed by atoms with E-state index >= 15 is 0 Å². The first-order valence-electron chi connectivity index (χ1n) is 4.17. The summed E-state index contributed by atoms with van der Waals surface area (Å²) in [6.45, 7) is 0. The van der Waals surface area contributed by atoms with E-state index in [1.165, 1.54) is 0 Å². The van der Waals surface area contributed by atoms with Gasteiger partial charge in [0, 0.05) is 5.56 Å². The summed E-state index contributed by atoms with van der Waals surface area (Å²) in [5, 5.41) is 4.38. The smallest absolute Gasteiger partial charge is 0.316 e. The number of amides is 1. The van der Waals surface area contributed by atoms with Crippen LogP contribution in [0.15, 0.2) is 22.7 Å². The minimum atomic E-state index is -0.779. The van der Waals surface area contributed by atoms with Crippen LogP contribution in [0, 0.1) is 0 Å². The molecule has 82 valence electrons. The number of nitrogens with zero attached hydrogens (tertiary/aromatic N) is 2. The number of nitrogens with two attached hydrogens (primary N) is 1. The molecule has 0 atom stereocenters. The van der Waals surface area contributed by atoms with Gasteiger partial charge in [-0.05, 0) is 18.2 Å². The Morgan fingerprint density at radius 2 is 2.06 bits per heavy atom. The van der Waals surface area contributed by atoms with Crippen LogP contribution >= 0.6 is 23.2 Å². The molecular weight excluding hydrogens is 253 g/mol. The van der Waals surface area contributed by atoms with Crippen molar-refractivity contribution in [3.8, 4) is 11.4 Å². The van der Waals surface area contributed by atoms with E-state index in [-0.39, 0.29) is 11.7 Å². The Morgan fingerprint density at radius 1 is 1.31 bits per heavy atom. The van der Waals surface area contributed by atoms with E-state index in [0.29, 0.717) is 15.6 Å².